The third-order valence-corrected chi connectivity index (χ3v) is 6.94. The molecular formula is C26H31ClN2O3. The van der Waals surface area contributed by atoms with Crippen LogP contribution in [0.3, 0.4) is 0 Å². The van der Waals surface area contributed by atoms with E-state index in [0.717, 1.165) is 44.5 Å². The summed E-state index contributed by atoms with van der Waals surface area (Å²) in [6.45, 7) is 3.41. The Labute approximate surface area is 195 Å². The molecule has 0 aromatic heterocycles. The molecule has 4 rings (SSSR count). The SMILES string of the molecule is O=C(CC1(COc2ccccc2)CCN(C(=O)c2cccc(Cl)c2)CC1)N1CCCCC1. The number of nitrogens with zero attached hydrogens (tertiary/aromatic N) is 2. The highest BCUT2D eigenvalue weighted by atomic mass is 35.5. The van der Waals surface area contributed by atoms with Crippen LogP contribution in [0.5, 0.6) is 5.75 Å². The lowest BCUT2D eigenvalue weighted by Crippen LogP contribution is -2.48. The first-order valence-corrected chi connectivity index (χ1v) is 11.9. The minimum Gasteiger partial charge on any atom is -0.493 e. The maximum atomic E-state index is 13.1. The fraction of sp³-hybridized carbons (Fsp3) is 0.462. The summed E-state index contributed by atoms with van der Waals surface area (Å²) in [6.07, 6.45) is 5.32. The van der Waals surface area contributed by atoms with Gasteiger partial charge in [-0.1, -0.05) is 35.9 Å². The summed E-state index contributed by atoms with van der Waals surface area (Å²) in [5.41, 5.74) is 0.338. The molecule has 2 fully saturated rings. The first-order chi connectivity index (χ1) is 15.5. The van der Waals surface area contributed by atoms with Crippen LogP contribution in [-0.2, 0) is 4.79 Å². The maximum Gasteiger partial charge on any atom is 0.253 e. The zero-order chi connectivity index (χ0) is 22.4. The van der Waals surface area contributed by atoms with Gasteiger partial charge in [-0.2, -0.15) is 0 Å². The van der Waals surface area contributed by atoms with E-state index in [4.69, 9.17) is 16.3 Å². The van der Waals surface area contributed by atoms with E-state index >= 15 is 0 Å². The Morgan fingerprint density at radius 1 is 0.875 bits per heavy atom. The lowest BCUT2D eigenvalue weighted by Gasteiger charge is -2.42. The number of hydrogen-bond donors (Lipinski definition) is 0. The highest BCUT2D eigenvalue weighted by Crippen LogP contribution is 2.37. The fourth-order valence-corrected chi connectivity index (χ4v) is 4.88. The van der Waals surface area contributed by atoms with Crippen LogP contribution in [0.4, 0.5) is 0 Å². The van der Waals surface area contributed by atoms with Crippen molar-refractivity contribution in [3.8, 4) is 5.75 Å². The Balaban J connectivity index is 1.44. The van der Waals surface area contributed by atoms with Gasteiger partial charge < -0.3 is 14.5 Å². The molecule has 0 unspecified atom stereocenters. The van der Waals surface area contributed by atoms with Gasteiger partial charge in [0.15, 0.2) is 0 Å². The van der Waals surface area contributed by atoms with E-state index in [1.807, 2.05) is 40.1 Å². The van der Waals surface area contributed by atoms with E-state index in [1.54, 1.807) is 24.3 Å². The second-order valence-corrected chi connectivity index (χ2v) is 9.46. The first kappa shape index (κ1) is 22.7. The molecule has 0 spiro atoms. The number of benzene rings is 2. The van der Waals surface area contributed by atoms with Crippen molar-refractivity contribution in [1.82, 2.24) is 9.80 Å². The molecule has 32 heavy (non-hydrogen) atoms. The third kappa shape index (κ3) is 5.63. The summed E-state index contributed by atoms with van der Waals surface area (Å²) < 4.78 is 6.14. The van der Waals surface area contributed by atoms with Gasteiger partial charge in [-0.3, -0.25) is 9.59 Å². The Morgan fingerprint density at radius 2 is 1.59 bits per heavy atom. The van der Waals surface area contributed by atoms with Crippen molar-refractivity contribution in [2.45, 2.75) is 38.5 Å². The molecule has 2 aromatic carbocycles. The van der Waals surface area contributed by atoms with Crippen molar-refractivity contribution in [3.63, 3.8) is 0 Å². The van der Waals surface area contributed by atoms with Gasteiger partial charge in [-0.05, 0) is 62.4 Å². The predicted molar refractivity (Wildman–Crippen MR) is 126 cm³/mol. The number of carbonyl (C=O) groups is 2. The van der Waals surface area contributed by atoms with Gasteiger partial charge in [-0.25, -0.2) is 0 Å². The number of piperidine rings is 2. The first-order valence-electron chi connectivity index (χ1n) is 11.6. The molecule has 5 nitrogen and oxygen atoms in total. The molecule has 0 aliphatic carbocycles. The molecule has 0 N–H and O–H groups in total. The summed E-state index contributed by atoms with van der Waals surface area (Å²) in [6, 6.07) is 16.8. The van der Waals surface area contributed by atoms with Gasteiger partial charge in [-0.15, -0.1) is 0 Å². The highest BCUT2D eigenvalue weighted by molar-refractivity contribution is 6.30. The van der Waals surface area contributed by atoms with Crippen molar-refractivity contribution >= 4 is 23.4 Å². The molecule has 2 heterocycles. The molecule has 2 saturated heterocycles. The van der Waals surface area contributed by atoms with Crippen molar-refractivity contribution in [2.75, 3.05) is 32.8 Å². The molecule has 2 aliphatic rings. The number of halogens is 1. The number of rotatable bonds is 6. The smallest absolute Gasteiger partial charge is 0.253 e. The predicted octanol–water partition coefficient (Wildman–Crippen LogP) is 5.04. The van der Waals surface area contributed by atoms with E-state index in [-0.39, 0.29) is 17.2 Å². The topological polar surface area (TPSA) is 49.9 Å². The average Bonchev–Trinajstić information content (AvgIpc) is 2.84. The van der Waals surface area contributed by atoms with Crippen LogP contribution in [0, 0.1) is 5.41 Å². The fourth-order valence-electron chi connectivity index (χ4n) is 4.69. The van der Waals surface area contributed by atoms with Gasteiger partial charge in [0.25, 0.3) is 5.91 Å². The average molecular weight is 455 g/mol. The van der Waals surface area contributed by atoms with Crippen LogP contribution in [0.15, 0.2) is 54.6 Å². The summed E-state index contributed by atoms with van der Waals surface area (Å²) >= 11 is 6.07. The van der Waals surface area contributed by atoms with Crippen molar-refractivity contribution < 1.29 is 14.3 Å². The van der Waals surface area contributed by atoms with Crippen LogP contribution in [0.25, 0.3) is 0 Å². The number of para-hydroxylation sites is 1. The summed E-state index contributed by atoms with van der Waals surface area (Å²) in [5.74, 6) is 1.03. The summed E-state index contributed by atoms with van der Waals surface area (Å²) in [4.78, 5) is 30.0. The maximum absolute atomic E-state index is 13.1. The summed E-state index contributed by atoms with van der Waals surface area (Å²) in [5, 5.41) is 0.561. The van der Waals surface area contributed by atoms with Crippen molar-refractivity contribution in [3.05, 3.63) is 65.2 Å². The number of likely N-dealkylation sites (tertiary alicyclic amines) is 2. The van der Waals surface area contributed by atoms with Crippen LogP contribution in [0.2, 0.25) is 5.02 Å². The third-order valence-electron chi connectivity index (χ3n) is 6.71. The van der Waals surface area contributed by atoms with Gasteiger partial charge in [0.1, 0.15) is 5.75 Å². The molecule has 2 aliphatic heterocycles. The normalized spacial score (nSPS) is 18.3. The van der Waals surface area contributed by atoms with Gasteiger partial charge in [0.2, 0.25) is 5.91 Å². The quantitative estimate of drug-likeness (QED) is 0.614. The zero-order valence-electron chi connectivity index (χ0n) is 18.5. The van der Waals surface area contributed by atoms with Gasteiger partial charge >= 0.3 is 0 Å². The lowest BCUT2D eigenvalue weighted by atomic mass is 9.75. The molecular weight excluding hydrogens is 424 g/mol. The molecule has 2 aromatic rings. The van der Waals surface area contributed by atoms with Crippen LogP contribution >= 0.6 is 11.6 Å². The largest absolute Gasteiger partial charge is 0.493 e. The second-order valence-electron chi connectivity index (χ2n) is 9.02. The lowest BCUT2D eigenvalue weighted by molar-refractivity contribution is -0.136. The minimum atomic E-state index is -0.268. The van der Waals surface area contributed by atoms with E-state index in [9.17, 15) is 9.59 Å². The van der Waals surface area contributed by atoms with E-state index in [1.165, 1.54) is 6.42 Å². The van der Waals surface area contributed by atoms with Gasteiger partial charge in [0.05, 0.1) is 6.61 Å². The molecule has 0 bridgehead atoms. The second kappa shape index (κ2) is 10.4. The highest BCUT2D eigenvalue weighted by Gasteiger charge is 2.40. The minimum absolute atomic E-state index is 0.00700. The molecule has 170 valence electrons. The van der Waals surface area contributed by atoms with Crippen LogP contribution in [0.1, 0.15) is 48.9 Å². The molecule has 0 saturated carbocycles. The van der Waals surface area contributed by atoms with E-state index in [2.05, 4.69) is 0 Å². The van der Waals surface area contributed by atoms with Crippen LogP contribution in [-0.4, -0.2) is 54.4 Å². The van der Waals surface area contributed by atoms with Crippen molar-refractivity contribution in [2.24, 2.45) is 5.41 Å². The van der Waals surface area contributed by atoms with Crippen molar-refractivity contribution in [1.29, 1.82) is 0 Å². The molecule has 2 amide bonds. The molecule has 0 atom stereocenters. The number of carbonyl (C=O) groups excluding carboxylic acids is 2. The Kier molecular flexibility index (Phi) is 7.36. The summed E-state index contributed by atoms with van der Waals surface area (Å²) in [7, 11) is 0. The Morgan fingerprint density at radius 3 is 2.28 bits per heavy atom. The number of ether oxygens (including phenoxy) is 1. The Bertz CT molecular complexity index is 920. The monoisotopic (exact) mass is 454 g/mol. The van der Waals surface area contributed by atoms with Gasteiger partial charge in [0, 0.05) is 48.6 Å². The molecule has 6 heteroatoms. The van der Waals surface area contributed by atoms with E-state index in [0.29, 0.717) is 36.7 Å². The molecule has 0 radical (unpaired) electrons. The number of hydrogen-bond acceptors (Lipinski definition) is 3. The zero-order valence-corrected chi connectivity index (χ0v) is 19.2. The van der Waals surface area contributed by atoms with E-state index < -0.39 is 0 Å². The standard InChI is InChI=1S/C26H31ClN2O3/c27-22-9-7-8-21(18-22)25(31)29-16-12-26(13-17-29,20-32-23-10-3-1-4-11-23)19-24(30)28-14-5-2-6-15-28/h1,3-4,7-11,18H,2,5-6,12-17,19-20H2. The Hall–Kier alpha value is -2.53. The van der Waals surface area contributed by atoms with Crippen LogP contribution < -0.4 is 4.74 Å². The number of amides is 2.